The van der Waals surface area contributed by atoms with E-state index in [1.54, 1.807) is 42.5 Å². The van der Waals surface area contributed by atoms with E-state index in [2.05, 4.69) is 29.1 Å². The summed E-state index contributed by atoms with van der Waals surface area (Å²) < 4.78 is 37.4. The number of nitro benzene ring substituents is 1. The topological polar surface area (TPSA) is 203 Å². The summed E-state index contributed by atoms with van der Waals surface area (Å²) in [6.07, 6.45) is 3.38. The van der Waals surface area contributed by atoms with Crippen LogP contribution < -0.4 is 20.3 Å². The number of benzene rings is 5. The number of hydrogen-bond acceptors (Lipinski definition) is 11. The zero-order chi connectivity index (χ0) is 48.6. The van der Waals surface area contributed by atoms with Crippen molar-refractivity contribution in [3.05, 3.63) is 187 Å². The zero-order valence-corrected chi connectivity index (χ0v) is 39.2. The van der Waals surface area contributed by atoms with Gasteiger partial charge in [-0.05, 0) is 65.7 Å². The molecule has 0 saturated carbocycles. The van der Waals surface area contributed by atoms with Gasteiger partial charge in [0.25, 0.3) is 27.5 Å². The summed E-state index contributed by atoms with van der Waals surface area (Å²) in [5.41, 5.74) is 2.13. The van der Waals surface area contributed by atoms with Gasteiger partial charge in [-0.2, -0.15) is 0 Å². The predicted octanol–water partition coefficient (Wildman–Crippen LogP) is 8.90. The number of sulfonamides is 1. The first-order valence-electron chi connectivity index (χ1n) is 19.5. The lowest BCUT2D eigenvalue weighted by Crippen LogP contribution is -2.43. The summed E-state index contributed by atoms with van der Waals surface area (Å²) in [6, 6.07) is 26.0. The highest BCUT2D eigenvalue weighted by atomic mass is 35.5. The molecular formula is C46H43Cl4N5O10S. The third-order valence-electron chi connectivity index (χ3n) is 9.40. The molecule has 0 unspecified atom stereocenters. The maximum absolute atomic E-state index is 13.4. The summed E-state index contributed by atoms with van der Waals surface area (Å²) in [7, 11) is -1.89. The first-order valence-corrected chi connectivity index (χ1v) is 22.5. The maximum atomic E-state index is 13.4. The molecule has 0 aliphatic rings. The van der Waals surface area contributed by atoms with Crippen LogP contribution in [0.3, 0.4) is 0 Å². The fourth-order valence-corrected chi connectivity index (χ4v) is 8.92. The summed E-state index contributed by atoms with van der Waals surface area (Å²) in [5, 5.41) is 20.5. The van der Waals surface area contributed by atoms with Crippen molar-refractivity contribution in [3.63, 3.8) is 0 Å². The van der Waals surface area contributed by atoms with Gasteiger partial charge in [0.1, 0.15) is 12.1 Å². The third kappa shape index (κ3) is 13.8. The van der Waals surface area contributed by atoms with E-state index in [0.29, 0.717) is 12.1 Å². The highest BCUT2D eigenvalue weighted by Crippen LogP contribution is 2.31. The Bertz CT molecular complexity index is 2650. The van der Waals surface area contributed by atoms with Crippen LogP contribution >= 0.6 is 46.4 Å². The highest BCUT2D eigenvalue weighted by Gasteiger charge is 2.32. The molecule has 2 amide bonds. The Morgan fingerprint density at radius 3 is 1.53 bits per heavy atom. The molecule has 0 saturated heterocycles. The fraction of sp³-hybridized carbons (Fsp3) is 0.174. The number of halogens is 4. The van der Waals surface area contributed by atoms with Crippen molar-refractivity contribution in [2.45, 2.75) is 29.8 Å². The number of amides is 2. The average molecular weight is 1000 g/mol. The molecule has 0 aromatic heterocycles. The number of nitro groups is 1. The van der Waals surface area contributed by atoms with Crippen molar-refractivity contribution in [1.29, 1.82) is 0 Å². The first-order chi connectivity index (χ1) is 31.5. The first kappa shape index (κ1) is 52.2. The van der Waals surface area contributed by atoms with Crippen LogP contribution in [0.1, 0.15) is 31.8 Å². The van der Waals surface area contributed by atoms with E-state index in [4.69, 9.17) is 55.9 Å². The third-order valence-corrected chi connectivity index (χ3v) is 12.5. The van der Waals surface area contributed by atoms with Crippen LogP contribution in [0.15, 0.2) is 139 Å². The zero-order valence-electron chi connectivity index (χ0n) is 35.3. The van der Waals surface area contributed by atoms with Gasteiger partial charge >= 0.3 is 11.9 Å². The number of esters is 2. The van der Waals surface area contributed by atoms with E-state index in [-0.39, 0.29) is 56.3 Å². The van der Waals surface area contributed by atoms with Gasteiger partial charge in [-0.25, -0.2) is 18.0 Å². The van der Waals surface area contributed by atoms with Gasteiger partial charge in [-0.15, -0.1) is 13.2 Å². The minimum Gasteiger partial charge on any atom is -0.467 e. The minimum absolute atomic E-state index is 0.000863. The van der Waals surface area contributed by atoms with Crippen molar-refractivity contribution in [3.8, 4) is 0 Å². The predicted molar refractivity (Wildman–Crippen MR) is 256 cm³/mol. The molecule has 3 N–H and O–H groups in total. The maximum Gasteiger partial charge on any atom is 0.328 e. The molecule has 20 heteroatoms. The van der Waals surface area contributed by atoms with E-state index >= 15 is 0 Å². The minimum atomic E-state index is -4.34. The quantitative estimate of drug-likeness (QED) is 0.0309. The lowest BCUT2D eigenvalue weighted by molar-refractivity contribution is -0.387. The second-order valence-electron chi connectivity index (χ2n) is 13.8. The molecule has 5 rings (SSSR count). The lowest BCUT2D eigenvalue weighted by Gasteiger charge is -2.23. The Labute approximate surface area is 401 Å². The van der Waals surface area contributed by atoms with Crippen LogP contribution in [0.25, 0.3) is 0 Å². The van der Waals surface area contributed by atoms with E-state index in [1.165, 1.54) is 56.7 Å². The Morgan fingerprint density at radius 1 is 0.682 bits per heavy atom. The van der Waals surface area contributed by atoms with Gasteiger partial charge in [-0.1, -0.05) is 107 Å². The van der Waals surface area contributed by atoms with Crippen molar-refractivity contribution >= 4 is 97.2 Å². The van der Waals surface area contributed by atoms with Gasteiger partial charge < -0.3 is 25.4 Å². The second-order valence-corrected chi connectivity index (χ2v) is 17.2. The molecule has 5 aromatic carbocycles. The Balaban J connectivity index is 0.000000309. The van der Waals surface area contributed by atoms with Crippen LogP contribution in [0, 0.1) is 10.1 Å². The SMILES string of the molecule is C=CCN(c1ccc(C[C@H](NC(=O)c2c(Cl)cccc2Cl)C(=O)OC)cc1)S(=O)(=O)c1ccccc1[N+](=O)[O-].C=CCNc1ccc(C[C@H](NC(=O)c2c(Cl)cccc2Cl)C(=O)OC)cc1. The molecule has 346 valence electrons. The van der Waals surface area contributed by atoms with E-state index in [1.807, 2.05) is 24.3 Å². The van der Waals surface area contributed by atoms with Gasteiger partial charge in [-0.3, -0.25) is 24.0 Å². The summed E-state index contributed by atoms with van der Waals surface area (Å²) in [6.45, 7) is 7.74. The molecule has 0 spiro atoms. The number of nitrogens with one attached hydrogen (secondary N) is 3. The van der Waals surface area contributed by atoms with Crippen molar-refractivity contribution < 1.29 is 42.0 Å². The summed E-state index contributed by atoms with van der Waals surface area (Å²) in [4.78, 5) is 60.2. The molecule has 2 atom stereocenters. The van der Waals surface area contributed by atoms with Crippen LogP contribution in [-0.4, -0.2) is 76.5 Å². The van der Waals surface area contributed by atoms with E-state index < -0.39 is 61.4 Å². The van der Waals surface area contributed by atoms with Crippen LogP contribution in [0.4, 0.5) is 17.1 Å². The second kappa shape index (κ2) is 24.7. The number of rotatable bonds is 19. The van der Waals surface area contributed by atoms with Crippen LogP contribution in [-0.2, 0) is 41.9 Å². The molecule has 0 bridgehead atoms. The van der Waals surface area contributed by atoms with E-state index in [0.717, 1.165) is 27.7 Å². The van der Waals surface area contributed by atoms with Gasteiger partial charge in [0.2, 0.25) is 0 Å². The largest absolute Gasteiger partial charge is 0.467 e. The molecule has 15 nitrogen and oxygen atoms in total. The highest BCUT2D eigenvalue weighted by molar-refractivity contribution is 7.93. The molecule has 66 heavy (non-hydrogen) atoms. The van der Waals surface area contributed by atoms with Gasteiger partial charge in [0.15, 0.2) is 4.90 Å². The number of nitrogens with zero attached hydrogens (tertiary/aromatic N) is 2. The van der Waals surface area contributed by atoms with Crippen molar-refractivity contribution in [1.82, 2.24) is 10.6 Å². The van der Waals surface area contributed by atoms with Crippen LogP contribution in [0.5, 0.6) is 0 Å². The Morgan fingerprint density at radius 2 is 1.12 bits per heavy atom. The molecule has 0 heterocycles. The van der Waals surface area contributed by atoms with Crippen LogP contribution in [0.2, 0.25) is 20.1 Å². The van der Waals surface area contributed by atoms with E-state index in [9.17, 15) is 37.7 Å². The summed E-state index contributed by atoms with van der Waals surface area (Å²) in [5.74, 6) is -2.49. The number of para-hydroxylation sites is 1. The number of methoxy groups -OCH3 is 2. The number of anilines is 2. The lowest BCUT2D eigenvalue weighted by atomic mass is 10.0. The Kier molecular flexibility index (Phi) is 19.6. The number of ether oxygens (including phenoxy) is 2. The molecular weight excluding hydrogens is 956 g/mol. The van der Waals surface area contributed by atoms with Gasteiger partial charge in [0.05, 0.1) is 62.6 Å². The molecule has 0 fully saturated rings. The smallest absolute Gasteiger partial charge is 0.328 e. The van der Waals surface area contributed by atoms with Crippen molar-refractivity contribution in [2.24, 2.45) is 0 Å². The standard InChI is InChI=1S/C26H23Cl2N3O7S.C20H20Cl2N2O3/c1-3-15-30(39(36,37)23-10-5-4-9-22(23)31(34)35)18-13-11-17(12-14-18)16-21(26(33)38-2)29-25(32)24-19(27)7-6-8-20(24)28;1-3-11-23-14-9-7-13(8-10-14)12-17(20(26)27-2)24-19(25)18-15(21)5-4-6-16(18)22/h3-14,21H,1,15-16H2,2H3,(H,29,32);3-10,17,23H,1,11-12H2,2H3,(H,24,25)/t21-;17-/m00/s1. The molecule has 0 radical (unpaired) electrons. The monoisotopic (exact) mass is 997 g/mol. The average Bonchev–Trinajstić information content (AvgIpc) is 3.29. The molecule has 0 aliphatic carbocycles. The number of carbonyl (C=O) groups is 4. The molecule has 0 aliphatic heterocycles. The normalized spacial score (nSPS) is 11.6. The summed E-state index contributed by atoms with van der Waals surface area (Å²) >= 11 is 24.3. The number of hydrogen-bond donors (Lipinski definition) is 3. The molecule has 5 aromatic rings. The van der Waals surface area contributed by atoms with Gasteiger partial charge in [0, 0.05) is 31.1 Å². The van der Waals surface area contributed by atoms with Crippen molar-refractivity contribution in [2.75, 3.05) is 36.9 Å². The number of carbonyl (C=O) groups excluding carboxylic acids is 4. The Hall–Kier alpha value is -6.43. The fourth-order valence-electron chi connectivity index (χ4n) is 6.18.